The molecule has 1 atom stereocenters. The summed E-state index contributed by atoms with van der Waals surface area (Å²) in [4.78, 5) is 8.16. The van der Waals surface area contributed by atoms with Crippen molar-refractivity contribution < 1.29 is 0 Å². The van der Waals surface area contributed by atoms with Crippen molar-refractivity contribution in [1.82, 2.24) is 30.6 Å². The fourth-order valence-corrected chi connectivity index (χ4v) is 1.23. The van der Waals surface area contributed by atoms with Crippen LogP contribution in [0.2, 0.25) is 0 Å². The Bertz CT molecular complexity index is 411. The Morgan fingerprint density at radius 1 is 1.40 bits per heavy atom. The number of rotatable bonds is 3. The molecule has 0 aromatic carbocycles. The Labute approximate surface area is 93.8 Å². The largest absolute Gasteiger partial charge is 0.359 e. The molecule has 0 amide bonds. The second-order valence-corrected chi connectivity index (χ2v) is 3.67. The lowest BCUT2D eigenvalue weighted by molar-refractivity contribution is 0.786. The predicted molar refractivity (Wildman–Crippen MR) is 55.9 cm³/mol. The fraction of sp³-hybridized carbons (Fsp3) is 0.286. The third kappa shape index (κ3) is 2.46. The summed E-state index contributed by atoms with van der Waals surface area (Å²) in [6.07, 6.45) is 3.24. The van der Waals surface area contributed by atoms with Crippen LogP contribution < -0.4 is 5.32 Å². The monoisotopic (exact) mass is 269 g/mol. The van der Waals surface area contributed by atoms with Gasteiger partial charge in [-0.2, -0.15) is 5.21 Å². The van der Waals surface area contributed by atoms with Crippen LogP contribution in [0.5, 0.6) is 0 Å². The number of halogens is 1. The molecular formula is C7H8BrN7. The van der Waals surface area contributed by atoms with E-state index >= 15 is 0 Å². The van der Waals surface area contributed by atoms with Crippen LogP contribution in [0.25, 0.3) is 0 Å². The molecule has 2 aromatic heterocycles. The highest BCUT2D eigenvalue weighted by atomic mass is 79.9. The van der Waals surface area contributed by atoms with Crippen molar-refractivity contribution in [2.45, 2.75) is 13.0 Å². The number of hydrogen-bond donors (Lipinski definition) is 2. The lowest BCUT2D eigenvalue weighted by Gasteiger charge is -2.09. The molecule has 2 aromatic rings. The normalized spacial score (nSPS) is 12.4. The van der Waals surface area contributed by atoms with E-state index in [1.807, 2.05) is 6.92 Å². The van der Waals surface area contributed by atoms with Gasteiger partial charge >= 0.3 is 0 Å². The summed E-state index contributed by atoms with van der Waals surface area (Å²) in [5, 5.41) is 16.7. The summed E-state index contributed by atoms with van der Waals surface area (Å²) < 4.78 is 0.695. The van der Waals surface area contributed by atoms with Crippen LogP contribution in [0.4, 0.5) is 5.82 Å². The SMILES string of the molecule is CC(Nc1cnc(Br)cn1)c1nn[nH]n1. The van der Waals surface area contributed by atoms with E-state index < -0.39 is 0 Å². The van der Waals surface area contributed by atoms with Crippen molar-refractivity contribution in [3.05, 3.63) is 22.8 Å². The molecule has 7 nitrogen and oxygen atoms in total. The number of aromatic nitrogens is 6. The highest BCUT2D eigenvalue weighted by Crippen LogP contribution is 2.13. The van der Waals surface area contributed by atoms with Crippen molar-refractivity contribution in [2.24, 2.45) is 0 Å². The van der Waals surface area contributed by atoms with Gasteiger partial charge in [0.25, 0.3) is 0 Å². The van der Waals surface area contributed by atoms with Gasteiger partial charge in [0.15, 0.2) is 5.82 Å². The van der Waals surface area contributed by atoms with E-state index in [1.54, 1.807) is 12.4 Å². The standard InChI is InChI=1S/C7H8BrN7/c1-4(7-12-14-15-13-7)11-6-3-9-5(8)2-10-6/h2-4H,1H3,(H,10,11)(H,12,13,14,15). The number of H-pyrrole nitrogens is 1. The number of tetrazole rings is 1. The molecule has 0 saturated heterocycles. The van der Waals surface area contributed by atoms with Gasteiger partial charge in [-0.05, 0) is 22.9 Å². The van der Waals surface area contributed by atoms with Crippen molar-refractivity contribution in [2.75, 3.05) is 5.32 Å². The van der Waals surface area contributed by atoms with E-state index in [2.05, 4.69) is 51.8 Å². The molecule has 8 heteroatoms. The van der Waals surface area contributed by atoms with E-state index in [-0.39, 0.29) is 6.04 Å². The molecule has 2 rings (SSSR count). The minimum atomic E-state index is -0.0702. The first-order valence-corrected chi connectivity index (χ1v) is 5.02. The zero-order valence-electron chi connectivity index (χ0n) is 7.85. The maximum Gasteiger partial charge on any atom is 0.196 e. The summed E-state index contributed by atoms with van der Waals surface area (Å²) in [5.74, 6) is 1.25. The van der Waals surface area contributed by atoms with Crippen molar-refractivity contribution in [1.29, 1.82) is 0 Å². The highest BCUT2D eigenvalue weighted by Gasteiger charge is 2.10. The number of aromatic amines is 1. The smallest absolute Gasteiger partial charge is 0.196 e. The minimum absolute atomic E-state index is 0.0702. The molecule has 0 bridgehead atoms. The molecule has 2 N–H and O–H groups in total. The third-order valence-electron chi connectivity index (χ3n) is 1.73. The first kappa shape index (κ1) is 9.97. The quantitative estimate of drug-likeness (QED) is 0.861. The number of nitrogens with one attached hydrogen (secondary N) is 2. The number of anilines is 1. The molecular weight excluding hydrogens is 262 g/mol. The highest BCUT2D eigenvalue weighted by molar-refractivity contribution is 9.10. The summed E-state index contributed by atoms with van der Waals surface area (Å²) in [6, 6.07) is -0.0702. The van der Waals surface area contributed by atoms with Gasteiger partial charge in [-0.25, -0.2) is 9.97 Å². The Morgan fingerprint density at radius 2 is 2.27 bits per heavy atom. The zero-order valence-corrected chi connectivity index (χ0v) is 9.43. The van der Waals surface area contributed by atoms with E-state index in [4.69, 9.17) is 0 Å². The van der Waals surface area contributed by atoms with Crippen LogP contribution in [-0.4, -0.2) is 30.6 Å². The molecule has 0 saturated carbocycles. The molecule has 0 aliphatic heterocycles. The van der Waals surface area contributed by atoms with Gasteiger partial charge in [0, 0.05) is 0 Å². The third-order valence-corrected chi connectivity index (χ3v) is 2.14. The van der Waals surface area contributed by atoms with Crippen molar-refractivity contribution >= 4 is 21.7 Å². The van der Waals surface area contributed by atoms with Gasteiger partial charge in [-0.3, -0.25) is 0 Å². The molecule has 0 radical (unpaired) electrons. The average molecular weight is 270 g/mol. The molecule has 78 valence electrons. The van der Waals surface area contributed by atoms with Crippen molar-refractivity contribution in [3.8, 4) is 0 Å². The zero-order chi connectivity index (χ0) is 10.7. The number of nitrogens with zero attached hydrogens (tertiary/aromatic N) is 5. The maximum atomic E-state index is 4.12. The van der Waals surface area contributed by atoms with Gasteiger partial charge in [-0.15, -0.1) is 10.2 Å². The van der Waals surface area contributed by atoms with E-state index in [1.165, 1.54) is 0 Å². The Balaban J connectivity index is 2.06. The summed E-state index contributed by atoms with van der Waals surface area (Å²) in [6.45, 7) is 1.91. The molecule has 0 aliphatic rings. The van der Waals surface area contributed by atoms with Gasteiger partial charge in [0.05, 0.1) is 18.4 Å². The molecule has 2 heterocycles. The van der Waals surface area contributed by atoms with Crippen LogP contribution >= 0.6 is 15.9 Å². The Morgan fingerprint density at radius 3 is 2.87 bits per heavy atom. The molecule has 1 unspecified atom stereocenters. The Kier molecular flexibility index (Phi) is 2.86. The average Bonchev–Trinajstić information content (AvgIpc) is 2.74. The summed E-state index contributed by atoms with van der Waals surface area (Å²) in [7, 11) is 0. The second-order valence-electron chi connectivity index (χ2n) is 2.86. The molecule has 0 spiro atoms. The first-order chi connectivity index (χ1) is 7.25. The van der Waals surface area contributed by atoms with Gasteiger partial charge < -0.3 is 5.32 Å². The van der Waals surface area contributed by atoms with Gasteiger partial charge in [0.2, 0.25) is 0 Å². The van der Waals surface area contributed by atoms with Gasteiger partial charge in [0.1, 0.15) is 10.4 Å². The van der Waals surface area contributed by atoms with Crippen LogP contribution in [-0.2, 0) is 0 Å². The first-order valence-electron chi connectivity index (χ1n) is 4.23. The van der Waals surface area contributed by atoms with E-state index in [9.17, 15) is 0 Å². The topological polar surface area (TPSA) is 92.3 Å². The second kappa shape index (κ2) is 4.30. The lowest BCUT2D eigenvalue weighted by Crippen LogP contribution is -2.09. The summed E-state index contributed by atoms with van der Waals surface area (Å²) in [5.41, 5.74) is 0. The lowest BCUT2D eigenvalue weighted by atomic mass is 10.3. The maximum absolute atomic E-state index is 4.12. The van der Waals surface area contributed by atoms with Crippen LogP contribution in [0.3, 0.4) is 0 Å². The van der Waals surface area contributed by atoms with Crippen LogP contribution in [0.1, 0.15) is 18.8 Å². The summed E-state index contributed by atoms with van der Waals surface area (Å²) >= 11 is 3.21. The Hall–Kier alpha value is -1.57. The van der Waals surface area contributed by atoms with E-state index in [0.717, 1.165) is 0 Å². The number of hydrogen-bond acceptors (Lipinski definition) is 6. The van der Waals surface area contributed by atoms with Crippen LogP contribution in [0.15, 0.2) is 17.0 Å². The van der Waals surface area contributed by atoms with E-state index in [0.29, 0.717) is 16.2 Å². The predicted octanol–water partition coefficient (Wildman–Crippen LogP) is 0.925. The minimum Gasteiger partial charge on any atom is -0.359 e. The van der Waals surface area contributed by atoms with Gasteiger partial charge in [-0.1, -0.05) is 5.21 Å². The molecule has 0 aliphatic carbocycles. The molecule has 0 fully saturated rings. The van der Waals surface area contributed by atoms with Crippen molar-refractivity contribution in [3.63, 3.8) is 0 Å². The van der Waals surface area contributed by atoms with Crippen LogP contribution in [0, 0.1) is 0 Å². The fourth-order valence-electron chi connectivity index (χ4n) is 1.03. The molecule has 15 heavy (non-hydrogen) atoms.